The molecule has 3 saturated carbocycles. The highest BCUT2D eigenvalue weighted by Gasteiger charge is 2.77. The van der Waals surface area contributed by atoms with Gasteiger partial charge in [-0.3, -0.25) is 0 Å². The van der Waals surface area contributed by atoms with E-state index in [0.717, 1.165) is 6.42 Å². The molecular formula is C10H15BrO. The zero-order valence-corrected chi connectivity index (χ0v) is 9.44. The van der Waals surface area contributed by atoms with Crippen molar-refractivity contribution >= 4 is 22.2 Å². The number of hydrogen-bond donors (Lipinski definition) is 0. The van der Waals surface area contributed by atoms with Crippen molar-refractivity contribution in [1.29, 1.82) is 0 Å². The van der Waals surface area contributed by atoms with Crippen LogP contribution in [0.1, 0.15) is 33.6 Å². The van der Waals surface area contributed by atoms with E-state index in [0.29, 0.717) is 10.2 Å². The lowest BCUT2D eigenvalue weighted by atomic mass is 9.44. The quantitative estimate of drug-likeness (QED) is 0.501. The van der Waals surface area contributed by atoms with E-state index in [2.05, 4.69) is 36.7 Å². The topological polar surface area (TPSA) is 17.1 Å². The van der Waals surface area contributed by atoms with Crippen molar-refractivity contribution in [2.75, 3.05) is 0 Å². The first-order chi connectivity index (χ1) is 5.42. The van der Waals surface area contributed by atoms with Gasteiger partial charge in [-0.25, -0.2) is 0 Å². The predicted molar refractivity (Wildman–Crippen MR) is 52.3 cm³/mol. The lowest BCUT2D eigenvalue weighted by molar-refractivity contribution is -0.145. The highest BCUT2D eigenvalue weighted by molar-refractivity contribution is 9.09. The van der Waals surface area contributed by atoms with Crippen LogP contribution in [-0.2, 0) is 4.79 Å². The number of carbonyl (C=O) groups excluding carboxylic acids is 1. The fourth-order valence-electron chi connectivity index (χ4n) is 3.27. The third kappa shape index (κ3) is 0.527. The van der Waals surface area contributed by atoms with Crippen molar-refractivity contribution in [3.8, 4) is 0 Å². The van der Waals surface area contributed by atoms with Crippen molar-refractivity contribution in [3.05, 3.63) is 0 Å². The van der Waals surface area contributed by atoms with Crippen LogP contribution in [0.2, 0.25) is 0 Å². The molecule has 3 atom stereocenters. The summed E-state index contributed by atoms with van der Waals surface area (Å²) in [5.41, 5.74) is 0.464. The largest absolute Gasteiger partial charge is 0.303 e. The van der Waals surface area contributed by atoms with Crippen LogP contribution in [0.3, 0.4) is 0 Å². The smallest absolute Gasteiger partial charge is 0.127 e. The van der Waals surface area contributed by atoms with E-state index in [-0.39, 0.29) is 10.8 Å². The fourth-order valence-corrected chi connectivity index (χ4v) is 4.98. The molecule has 3 aliphatic rings. The minimum Gasteiger partial charge on any atom is -0.303 e. The standard InChI is InChI=1S/C10H15BrO/c1-8(2)9(3)4-5-10(8,6-12)7(9)11/h6-7H,4-5H2,1-3H3. The molecule has 3 rings (SSSR count). The van der Waals surface area contributed by atoms with E-state index in [4.69, 9.17) is 0 Å². The Balaban J connectivity index is 2.48. The van der Waals surface area contributed by atoms with E-state index in [1.54, 1.807) is 0 Å². The first-order valence-electron chi connectivity index (χ1n) is 4.53. The Morgan fingerprint density at radius 1 is 1.33 bits per heavy atom. The summed E-state index contributed by atoms with van der Waals surface area (Å²) in [5, 5.41) is 0. The summed E-state index contributed by atoms with van der Waals surface area (Å²) in [4.78, 5) is 11.5. The number of aldehydes is 1. The summed E-state index contributed by atoms with van der Waals surface area (Å²) < 4.78 is 0. The summed E-state index contributed by atoms with van der Waals surface area (Å²) in [6, 6.07) is 0. The summed E-state index contributed by atoms with van der Waals surface area (Å²) >= 11 is 3.67. The molecule has 0 saturated heterocycles. The highest BCUT2D eigenvalue weighted by Crippen LogP contribution is 2.78. The van der Waals surface area contributed by atoms with Gasteiger partial charge in [0, 0.05) is 10.2 Å². The second-order valence-corrected chi connectivity index (χ2v) is 5.98. The van der Waals surface area contributed by atoms with Gasteiger partial charge in [0.25, 0.3) is 0 Å². The molecule has 3 aliphatic carbocycles. The number of halogens is 1. The molecule has 12 heavy (non-hydrogen) atoms. The number of hydrogen-bond acceptors (Lipinski definition) is 1. The molecule has 0 aromatic heterocycles. The normalized spacial score (nSPS) is 54.8. The SMILES string of the molecule is CC12CCC(C=O)(C1Br)C2(C)C. The minimum atomic E-state index is -0.0677. The van der Waals surface area contributed by atoms with Gasteiger partial charge in [0.1, 0.15) is 6.29 Å². The van der Waals surface area contributed by atoms with Crippen molar-refractivity contribution in [3.63, 3.8) is 0 Å². The van der Waals surface area contributed by atoms with E-state index in [9.17, 15) is 4.79 Å². The third-order valence-electron chi connectivity index (χ3n) is 4.87. The molecule has 2 heteroatoms. The zero-order chi connectivity index (χ0) is 9.20. The fraction of sp³-hybridized carbons (Fsp3) is 0.900. The Kier molecular flexibility index (Phi) is 1.43. The summed E-state index contributed by atoms with van der Waals surface area (Å²) in [7, 11) is 0. The molecule has 68 valence electrons. The maximum atomic E-state index is 11.1. The van der Waals surface area contributed by atoms with E-state index < -0.39 is 0 Å². The second-order valence-electron chi connectivity index (χ2n) is 5.06. The number of fused-ring (bicyclic) bond motifs is 1. The van der Waals surface area contributed by atoms with Gasteiger partial charge in [0.05, 0.1) is 0 Å². The number of alkyl halides is 1. The molecule has 0 aromatic rings. The molecular weight excluding hydrogens is 216 g/mol. The van der Waals surface area contributed by atoms with Gasteiger partial charge in [-0.15, -0.1) is 0 Å². The average Bonchev–Trinajstić information content (AvgIpc) is 2.40. The van der Waals surface area contributed by atoms with Gasteiger partial charge in [0.2, 0.25) is 0 Å². The van der Waals surface area contributed by atoms with Crippen LogP contribution < -0.4 is 0 Å². The highest BCUT2D eigenvalue weighted by atomic mass is 79.9. The first-order valence-corrected chi connectivity index (χ1v) is 5.44. The summed E-state index contributed by atoms with van der Waals surface area (Å²) in [5.74, 6) is 0. The number of carbonyl (C=O) groups is 1. The molecule has 3 unspecified atom stereocenters. The van der Waals surface area contributed by atoms with Crippen LogP contribution in [0.15, 0.2) is 0 Å². The Hall–Kier alpha value is 0.150. The van der Waals surface area contributed by atoms with Gasteiger partial charge in [-0.2, -0.15) is 0 Å². The average molecular weight is 231 g/mol. The predicted octanol–water partition coefficient (Wildman–Crippen LogP) is 2.78. The monoisotopic (exact) mass is 230 g/mol. The van der Waals surface area contributed by atoms with Crippen LogP contribution >= 0.6 is 15.9 Å². The molecule has 2 bridgehead atoms. The van der Waals surface area contributed by atoms with E-state index >= 15 is 0 Å². The second kappa shape index (κ2) is 1.97. The van der Waals surface area contributed by atoms with Gasteiger partial charge in [0.15, 0.2) is 0 Å². The van der Waals surface area contributed by atoms with E-state index in [1.807, 2.05) is 0 Å². The Morgan fingerprint density at radius 3 is 2.08 bits per heavy atom. The molecule has 0 aromatic carbocycles. The molecule has 0 aliphatic heterocycles. The molecule has 0 spiro atoms. The lowest BCUT2D eigenvalue weighted by Crippen LogP contribution is -2.64. The molecule has 0 N–H and O–H groups in total. The van der Waals surface area contributed by atoms with E-state index in [1.165, 1.54) is 12.7 Å². The van der Waals surface area contributed by atoms with Gasteiger partial charge >= 0.3 is 0 Å². The Bertz CT molecular complexity index is 248. The van der Waals surface area contributed by atoms with Gasteiger partial charge < -0.3 is 4.79 Å². The molecule has 0 heterocycles. The third-order valence-corrected chi connectivity index (χ3v) is 6.70. The molecule has 0 radical (unpaired) electrons. The Morgan fingerprint density at radius 2 is 1.92 bits per heavy atom. The van der Waals surface area contributed by atoms with Crippen molar-refractivity contribution in [1.82, 2.24) is 0 Å². The molecule has 0 amide bonds. The maximum absolute atomic E-state index is 11.1. The van der Waals surface area contributed by atoms with Crippen LogP contribution in [0, 0.1) is 16.2 Å². The van der Waals surface area contributed by atoms with Crippen LogP contribution in [0.4, 0.5) is 0 Å². The Labute approximate surface area is 82.0 Å². The lowest BCUT2D eigenvalue weighted by Gasteiger charge is -2.63. The van der Waals surface area contributed by atoms with Crippen LogP contribution in [0.25, 0.3) is 0 Å². The zero-order valence-electron chi connectivity index (χ0n) is 7.86. The summed E-state index contributed by atoms with van der Waals surface area (Å²) in [6.07, 6.45) is 3.44. The minimum absolute atomic E-state index is 0.0677. The van der Waals surface area contributed by atoms with Gasteiger partial charge in [-0.1, -0.05) is 36.7 Å². The van der Waals surface area contributed by atoms with Crippen LogP contribution in [0.5, 0.6) is 0 Å². The maximum Gasteiger partial charge on any atom is 0.127 e. The van der Waals surface area contributed by atoms with Crippen LogP contribution in [-0.4, -0.2) is 11.1 Å². The molecule has 1 nitrogen and oxygen atoms in total. The van der Waals surface area contributed by atoms with Gasteiger partial charge in [-0.05, 0) is 23.7 Å². The number of rotatable bonds is 1. The van der Waals surface area contributed by atoms with Crippen molar-refractivity contribution in [2.45, 2.75) is 38.4 Å². The van der Waals surface area contributed by atoms with Crippen molar-refractivity contribution in [2.24, 2.45) is 16.2 Å². The first kappa shape index (κ1) is 8.74. The van der Waals surface area contributed by atoms with Crippen molar-refractivity contribution < 1.29 is 4.79 Å². The summed E-state index contributed by atoms with van der Waals surface area (Å²) in [6.45, 7) is 6.75. The molecule has 3 fully saturated rings.